The van der Waals surface area contributed by atoms with Gasteiger partial charge in [-0.05, 0) is 12.1 Å². The number of esters is 1. The number of halogens is 1. The van der Waals surface area contributed by atoms with Crippen LogP contribution in [0.2, 0.25) is 0 Å². The van der Waals surface area contributed by atoms with Gasteiger partial charge in [0.05, 0.1) is 84.8 Å². The van der Waals surface area contributed by atoms with Crippen LogP contribution in [0.3, 0.4) is 0 Å². The Morgan fingerprint density at radius 1 is 0.567 bits per heavy atom. The SMILES string of the molecule is O=C(OCCOCCOCCOCCOCCOCCOCCI)c1ccccc1. The molecule has 30 heavy (non-hydrogen) atoms. The van der Waals surface area contributed by atoms with Crippen molar-refractivity contribution in [2.75, 3.05) is 90.3 Å². The lowest BCUT2D eigenvalue weighted by atomic mass is 10.2. The summed E-state index contributed by atoms with van der Waals surface area (Å²) < 4.78 is 38.3. The Bertz CT molecular complexity index is 503. The molecule has 1 rings (SSSR count). The van der Waals surface area contributed by atoms with E-state index in [1.54, 1.807) is 24.3 Å². The fraction of sp³-hybridized carbons (Fsp3) is 0.667. The average Bonchev–Trinajstić information content (AvgIpc) is 2.78. The first-order chi connectivity index (χ1) is 14.8. The number of hydrogen-bond donors (Lipinski definition) is 0. The third-order valence-corrected chi connectivity index (χ3v) is 3.99. The molecule has 0 N–H and O–H groups in total. The van der Waals surface area contributed by atoms with E-state index in [1.807, 2.05) is 6.07 Å². The standard InChI is InChI=1S/C21H33IO8/c22-6-7-24-8-9-25-10-11-26-12-13-27-14-15-28-16-17-29-18-19-30-21(23)20-4-2-1-3-5-20/h1-5H,6-19H2. The normalized spacial score (nSPS) is 11.0. The zero-order valence-electron chi connectivity index (χ0n) is 17.4. The van der Waals surface area contributed by atoms with E-state index in [9.17, 15) is 4.79 Å². The van der Waals surface area contributed by atoms with Crippen molar-refractivity contribution in [1.29, 1.82) is 0 Å². The van der Waals surface area contributed by atoms with Gasteiger partial charge >= 0.3 is 5.97 Å². The molecule has 1 aromatic carbocycles. The van der Waals surface area contributed by atoms with Crippen molar-refractivity contribution in [2.45, 2.75) is 0 Å². The molecule has 0 aliphatic rings. The molecule has 8 nitrogen and oxygen atoms in total. The number of carbonyl (C=O) groups is 1. The summed E-state index contributed by atoms with van der Waals surface area (Å²) in [5.41, 5.74) is 0.534. The van der Waals surface area contributed by atoms with Gasteiger partial charge in [0.15, 0.2) is 0 Å². The van der Waals surface area contributed by atoms with Crippen LogP contribution in [0.15, 0.2) is 30.3 Å². The van der Waals surface area contributed by atoms with E-state index >= 15 is 0 Å². The maximum atomic E-state index is 11.7. The second-order valence-electron chi connectivity index (χ2n) is 5.87. The Labute approximate surface area is 192 Å². The third kappa shape index (κ3) is 16.9. The molecule has 0 radical (unpaired) electrons. The molecule has 1 aromatic rings. The van der Waals surface area contributed by atoms with Crippen LogP contribution < -0.4 is 0 Å². The van der Waals surface area contributed by atoms with E-state index in [4.69, 9.17) is 33.2 Å². The van der Waals surface area contributed by atoms with Crippen LogP contribution >= 0.6 is 22.6 Å². The van der Waals surface area contributed by atoms with Gasteiger partial charge < -0.3 is 33.2 Å². The quantitative estimate of drug-likeness (QED) is 0.102. The molecule has 0 saturated heterocycles. The van der Waals surface area contributed by atoms with E-state index in [1.165, 1.54) is 0 Å². The highest BCUT2D eigenvalue weighted by molar-refractivity contribution is 14.1. The minimum atomic E-state index is -0.346. The molecule has 0 unspecified atom stereocenters. The predicted molar refractivity (Wildman–Crippen MR) is 121 cm³/mol. The largest absolute Gasteiger partial charge is 0.460 e. The highest BCUT2D eigenvalue weighted by Gasteiger charge is 2.04. The Morgan fingerprint density at radius 2 is 0.933 bits per heavy atom. The molecule has 0 amide bonds. The summed E-state index contributed by atoms with van der Waals surface area (Å²) >= 11 is 2.27. The zero-order chi connectivity index (χ0) is 21.5. The number of carbonyl (C=O) groups excluding carboxylic acids is 1. The number of benzene rings is 1. The van der Waals surface area contributed by atoms with E-state index in [-0.39, 0.29) is 12.6 Å². The summed E-state index contributed by atoms with van der Waals surface area (Å²) in [6, 6.07) is 8.87. The van der Waals surface area contributed by atoms with Crippen LogP contribution in [-0.4, -0.2) is 96.3 Å². The smallest absolute Gasteiger partial charge is 0.338 e. The summed E-state index contributed by atoms with van der Waals surface area (Å²) in [5.74, 6) is -0.346. The first kappa shape index (κ1) is 27.2. The van der Waals surface area contributed by atoms with Crippen LogP contribution in [0.25, 0.3) is 0 Å². The van der Waals surface area contributed by atoms with Crippen LogP contribution in [0.4, 0.5) is 0 Å². The molecule has 0 bridgehead atoms. The van der Waals surface area contributed by atoms with Crippen molar-refractivity contribution >= 4 is 28.6 Å². The molecule has 0 saturated carbocycles. The van der Waals surface area contributed by atoms with Gasteiger partial charge in [0.1, 0.15) is 6.61 Å². The van der Waals surface area contributed by atoms with Crippen molar-refractivity contribution in [1.82, 2.24) is 0 Å². The second kappa shape index (κ2) is 21.4. The molecular formula is C21H33IO8. The summed E-state index contributed by atoms with van der Waals surface area (Å²) in [5, 5.41) is 0. The predicted octanol–water partition coefficient (Wildman–Crippen LogP) is 2.38. The molecule has 9 heteroatoms. The minimum Gasteiger partial charge on any atom is -0.460 e. The summed E-state index contributed by atoms with van der Waals surface area (Å²) in [4.78, 5) is 11.7. The van der Waals surface area contributed by atoms with E-state index in [0.717, 1.165) is 11.0 Å². The molecular weight excluding hydrogens is 507 g/mol. The Balaban J connectivity index is 1.71. The first-order valence-corrected chi connectivity index (χ1v) is 11.6. The van der Waals surface area contributed by atoms with Gasteiger partial charge in [0.2, 0.25) is 0 Å². The van der Waals surface area contributed by atoms with Crippen LogP contribution in [-0.2, 0) is 33.2 Å². The molecule has 0 spiro atoms. The van der Waals surface area contributed by atoms with Gasteiger partial charge in [-0.3, -0.25) is 0 Å². The Morgan fingerprint density at radius 3 is 1.33 bits per heavy atom. The molecule has 0 atom stereocenters. The Hall–Kier alpha value is -0.820. The molecule has 0 heterocycles. The van der Waals surface area contributed by atoms with Crippen molar-refractivity contribution in [2.24, 2.45) is 0 Å². The van der Waals surface area contributed by atoms with Crippen LogP contribution in [0.5, 0.6) is 0 Å². The van der Waals surface area contributed by atoms with Crippen LogP contribution in [0.1, 0.15) is 10.4 Å². The van der Waals surface area contributed by atoms with Gasteiger partial charge in [0.25, 0.3) is 0 Å². The van der Waals surface area contributed by atoms with Crippen molar-refractivity contribution in [3.63, 3.8) is 0 Å². The van der Waals surface area contributed by atoms with E-state index in [2.05, 4.69) is 22.6 Å². The number of alkyl halides is 1. The monoisotopic (exact) mass is 540 g/mol. The second-order valence-corrected chi connectivity index (χ2v) is 6.94. The minimum absolute atomic E-state index is 0.217. The van der Waals surface area contributed by atoms with Crippen molar-refractivity contribution < 1.29 is 38.0 Å². The highest BCUT2D eigenvalue weighted by atomic mass is 127. The molecule has 0 aliphatic carbocycles. The molecule has 0 fully saturated rings. The first-order valence-electron chi connectivity index (χ1n) is 10.1. The summed E-state index contributed by atoms with van der Waals surface area (Å²) in [6.45, 7) is 6.59. The zero-order valence-corrected chi connectivity index (χ0v) is 19.6. The number of ether oxygens (including phenoxy) is 7. The van der Waals surface area contributed by atoms with E-state index < -0.39 is 0 Å². The number of rotatable bonds is 21. The average molecular weight is 540 g/mol. The Kier molecular flexibility index (Phi) is 19.4. The molecule has 0 aliphatic heterocycles. The van der Waals surface area contributed by atoms with Crippen LogP contribution in [0, 0.1) is 0 Å². The van der Waals surface area contributed by atoms with Gasteiger partial charge in [-0.15, -0.1) is 0 Å². The topological polar surface area (TPSA) is 81.7 Å². The van der Waals surface area contributed by atoms with Gasteiger partial charge in [0, 0.05) is 4.43 Å². The summed E-state index contributed by atoms with van der Waals surface area (Å²) in [6.07, 6.45) is 0. The lowest BCUT2D eigenvalue weighted by Crippen LogP contribution is -2.15. The molecule has 0 aromatic heterocycles. The highest BCUT2D eigenvalue weighted by Crippen LogP contribution is 2.00. The lowest BCUT2D eigenvalue weighted by molar-refractivity contribution is -0.0188. The van der Waals surface area contributed by atoms with Crippen molar-refractivity contribution in [3.8, 4) is 0 Å². The maximum Gasteiger partial charge on any atom is 0.338 e. The van der Waals surface area contributed by atoms with Gasteiger partial charge in [-0.1, -0.05) is 40.8 Å². The van der Waals surface area contributed by atoms with Gasteiger partial charge in [-0.25, -0.2) is 4.79 Å². The van der Waals surface area contributed by atoms with E-state index in [0.29, 0.717) is 78.2 Å². The maximum absolute atomic E-state index is 11.7. The fourth-order valence-corrected chi connectivity index (χ4v) is 2.42. The third-order valence-electron chi connectivity index (χ3n) is 3.55. The molecule has 172 valence electrons. The van der Waals surface area contributed by atoms with Gasteiger partial charge in [-0.2, -0.15) is 0 Å². The fourth-order valence-electron chi connectivity index (χ4n) is 2.11. The number of hydrogen-bond acceptors (Lipinski definition) is 8. The lowest BCUT2D eigenvalue weighted by Gasteiger charge is -2.08. The summed E-state index contributed by atoms with van der Waals surface area (Å²) in [7, 11) is 0. The van der Waals surface area contributed by atoms with Crippen molar-refractivity contribution in [3.05, 3.63) is 35.9 Å².